The first-order chi connectivity index (χ1) is 37.0. The quantitative estimate of drug-likeness (QED) is 0.113. The van der Waals surface area contributed by atoms with E-state index in [1.807, 2.05) is 56.3 Å². The van der Waals surface area contributed by atoms with Crippen LogP contribution in [0.5, 0.6) is 28.9 Å². The monoisotopic (exact) mass is 1110 g/mol. The minimum Gasteiger partial charge on any atom is -0.491 e. The van der Waals surface area contributed by atoms with Crippen LogP contribution in [0.4, 0.5) is 4.39 Å². The lowest BCUT2D eigenvalue weighted by atomic mass is 9.92. The molecule has 3 aromatic heterocycles. The van der Waals surface area contributed by atoms with Gasteiger partial charge in [-0.15, -0.1) is 11.3 Å². The van der Waals surface area contributed by atoms with Crippen molar-refractivity contribution in [2.75, 3.05) is 79.7 Å². The average Bonchev–Trinajstić information content (AvgIpc) is 3.94. The third-order valence-electron chi connectivity index (χ3n) is 13.7. The second-order valence-electron chi connectivity index (χ2n) is 20.8. The Morgan fingerprint density at radius 2 is 1.57 bits per heavy atom. The zero-order chi connectivity index (χ0) is 54.0. The summed E-state index contributed by atoms with van der Waals surface area (Å²) in [5, 5.41) is 1.14. The predicted molar refractivity (Wildman–Crippen MR) is 297 cm³/mol. The molecule has 0 radical (unpaired) electrons. The molecule has 7 heterocycles. The first-order valence-corrected chi connectivity index (χ1v) is 27.3. The van der Waals surface area contributed by atoms with Crippen LogP contribution in [0.15, 0.2) is 85.3 Å². The Bertz CT molecular complexity index is 3220. The summed E-state index contributed by atoms with van der Waals surface area (Å²) in [4.78, 5) is 41.7. The molecule has 404 valence electrons. The number of likely N-dealkylation sites (N-methyl/N-ethyl adjacent to an activating group) is 2. The Morgan fingerprint density at radius 1 is 0.831 bits per heavy atom. The van der Waals surface area contributed by atoms with Crippen molar-refractivity contribution in [2.45, 2.75) is 71.6 Å². The summed E-state index contributed by atoms with van der Waals surface area (Å²) in [5.74, 6) is 1.62. The number of carbonyl (C=O) groups excluding carboxylic acids is 1. The number of aromatic nitrogens is 4. The third-order valence-corrected chi connectivity index (χ3v) is 15.8. The van der Waals surface area contributed by atoms with Crippen LogP contribution in [0.25, 0.3) is 43.2 Å². The maximum atomic E-state index is 14.6. The van der Waals surface area contributed by atoms with E-state index in [1.54, 1.807) is 45.2 Å². The Balaban J connectivity index is 1.03. The van der Waals surface area contributed by atoms with E-state index in [4.69, 9.17) is 71.3 Å². The lowest BCUT2D eigenvalue weighted by Crippen LogP contribution is -2.49. The fourth-order valence-electron chi connectivity index (χ4n) is 9.70. The predicted octanol–water partition coefficient (Wildman–Crippen LogP) is 10.6. The van der Waals surface area contributed by atoms with Gasteiger partial charge in [-0.25, -0.2) is 29.1 Å². The van der Waals surface area contributed by atoms with Gasteiger partial charge in [0.15, 0.2) is 11.6 Å². The lowest BCUT2D eigenvalue weighted by molar-refractivity contribution is -0.163. The summed E-state index contributed by atoms with van der Waals surface area (Å²) in [5.41, 5.74) is 4.54. The number of carbonyl (C=O) groups is 1. The maximum absolute atomic E-state index is 14.6. The topological polar surface area (TPSA) is 143 Å². The van der Waals surface area contributed by atoms with Crippen LogP contribution in [0, 0.1) is 19.7 Å². The molecule has 0 unspecified atom stereocenters. The number of piperazine rings is 1. The van der Waals surface area contributed by atoms with Gasteiger partial charge in [-0.05, 0) is 132 Å². The zero-order valence-corrected chi connectivity index (χ0v) is 46.6. The van der Waals surface area contributed by atoms with E-state index in [9.17, 15) is 9.18 Å². The van der Waals surface area contributed by atoms with Gasteiger partial charge in [0.1, 0.15) is 71.9 Å². The van der Waals surface area contributed by atoms with Gasteiger partial charge in [-0.3, -0.25) is 4.90 Å². The van der Waals surface area contributed by atoms with E-state index in [0.29, 0.717) is 102 Å². The summed E-state index contributed by atoms with van der Waals surface area (Å²) < 4.78 is 59.7. The summed E-state index contributed by atoms with van der Waals surface area (Å²) in [6.45, 7) is 16.3. The fourth-order valence-corrected chi connectivity index (χ4v) is 11.4. The number of nitrogens with zero attached hydrogens (tertiary/aromatic N) is 7. The summed E-state index contributed by atoms with van der Waals surface area (Å²) in [6, 6.07) is 21.2. The number of hydrogen-bond donors (Lipinski definition) is 0. The zero-order valence-electron chi connectivity index (χ0n) is 44.2. The van der Waals surface area contributed by atoms with Crippen molar-refractivity contribution >= 4 is 50.7 Å². The number of thiophene rings is 1. The van der Waals surface area contributed by atoms with Gasteiger partial charge in [0.25, 0.3) is 0 Å². The van der Waals surface area contributed by atoms with E-state index in [2.05, 4.69) is 33.8 Å². The molecular formula is C58H62Cl2FN7O8S. The van der Waals surface area contributed by atoms with Gasteiger partial charge < -0.3 is 43.0 Å². The fraction of sp³-hybridized carbons (Fsp3) is 0.397. The first-order valence-electron chi connectivity index (χ1n) is 25.8. The van der Waals surface area contributed by atoms with Gasteiger partial charge in [0, 0.05) is 80.0 Å². The van der Waals surface area contributed by atoms with Crippen molar-refractivity contribution in [3.63, 3.8) is 0 Å². The van der Waals surface area contributed by atoms with Crippen molar-refractivity contribution in [3.8, 4) is 61.8 Å². The lowest BCUT2D eigenvalue weighted by Gasteiger charge is -2.35. The molecule has 0 amide bonds. The number of halogens is 3. The average molecular weight is 1110 g/mol. The molecule has 0 spiro atoms. The smallest absolute Gasteiger partial charge is 0.348 e. The molecule has 19 heteroatoms. The van der Waals surface area contributed by atoms with Crippen molar-refractivity contribution in [3.05, 3.63) is 124 Å². The van der Waals surface area contributed by atoms with Crippen LogP contribution in [0.1, 0.15) is 43.2 Å². The Morgan fingerprint density at radius 3 is 2.30 bits per heavy atom. The van der Waals surface area contributed by atoms with Crippen LogP contribution in [-0.2, 0) is 27.3 Å². The van der Waals surface area contributed by atoms with Gasteiger partial charge >= 0.3 is 5.97 Å². The highest BCUT2D eigenvalue weighted by atomic mass is 35.5. The molecule has 15 nitrogen and oxygen atoms in total. The molecule has 0 N–H and O–H groups in total. The number of morpholine rings is 1. The molecule has 4 aromatic carbocycles. The minimum absolute atomic E-state index is 0.00630. The standard InChI is InChI=1S/C58H62Cl2FN7O8S/c1-34-47-35(2)51(60)52(50(34)59)74-44(29-68-22-20-66(6)21-23-68)32-72-42-16-17-45(73-30-40-18-19-62-54(65-40)37-10-14-41(15-11-37)71-31-43-28-67(7)24-25-70-43)38(26-42)27-46(57(69)76-58(3,4)5)75-55-49-48(47)53(77-56(49)64-33-63-55)36-8-12-39(61)13-9-36/h8-19,26,33,43-44,46H,20-25,27-32H2,1-7H3/t43-,44-,46-/m1/s1. The molecule has 0 saturated carbocycles. The highest BCUT2D eigenvalue weighted by Crippen LogP contribution is 2.53. The molecule has 4 aliphatic rings. The summed E-state index contributed by atoms with van der Waals surface area (Å²) in [7, 11) is 4.20. The molecule has 7 aromatic rings. The SMILES string of the molecule is Cc1c(Cl)c2c(Cl)c(C)c1-c1c(-c3ccc(F)cc3)sc3ncnc(c13)O[C@@H](C(=O)OC(C)(C)C)Cc1cc(ccc1OCc1ccnc(-c3ccc(OC[C@H]4CN(C)CCO4)cc3)n1)OC[C@@H](CN1CCN(C)CC1)O2. The second kappa shape index (κ2) is 23.4. The number of hydrogen-bond acceptors (Lipinski definition) is 16. The Kier molecular flexibility index (Phi) is 16.5. The Labute approximate surface area is 462 Å². The van der Waals surface area contributed by atoms with Crippen LogP contribution in [0.3, 0.4) is 0 Å². The minimum atomic E-state index is -1.28. The number of fused-ring (bicyclic) bond motifs is 7. The van der Waals surface area contributed by atoms with Gasteiger partial charge in [0.05, 0.1) is 27.7 Å². The number of esters is 1. The molecular weight excluding hydrogens is 1040 g/mol. The molecule has 0 aliphatic carbocycles. The van der Waals surface area contributed by atoms with Crippen LogP contribution >= 0.6 is 34.5 Å². The van der Waals surface area contributed by atoms with Crippen molar-refractivity contribution in [1.29, 1.82) is 0 Å². The normalized spacial score (nSPS) is 18.8. The summed E-state index contributed by atoms with van der Waals surface area (Å²) >= 11 is 16.2. The second-order valence-corrected chi connectivity index (χ2v) is 22.5. The van der Waals surface area contributed by atoms with Crippen LogP contribution in [0.2, 0.25) is 10.0 Å². The van der Waals surface area contributed by atoms with E-state index in [0.717, 1.165) is 55.5 Å². The van der Waals surface area contributed by atoms with E-state index in [-0.39, 0.29) is 37.4 Å². The third kappa shape index (κ3) is 12.7. The molecule has 4 aliphatic heterocycles. The van der Waals surface area contributed by atoms with Crippen molar-refractivity contribution in [1.82, 2.24) is 34.6 Å². The number of benzene rings is 4. The number of ether oxygens (including phenoxy) is 7. The Hall–Kier alpha value is -6.18. The molecule has 3 atom stereocenters. The highest BCUT2D eigenvalue weighted by molar-refractivity contribution is 7.22. The largest absolute Gasteiger partial charge is 0.491 e. The van der Waals surface area contributed by atoms with Gasteiger partial charge in [-0.2, -0.15) is 0 Å². The molecule has 2 fully saturated rings. The van der Waals surface area contributed by atoms with Crippen molar-refractivity contribution in [2.24, 2.45) is 0 Å². The van der Waals surface area contributed by atoms with E-state index >= 15 is 0 Å². The van der Waals surface area contributed by atoms with E-state index < -0.39 is 23.8 Å². The molecule has 77 heavy (non-hydrogen) atoms. The first kappa shape index (κ1) is 54.2. The van der Waals surface area contributed by atoms with Gasteiger partial charge in [-0.1, -0.05) is 35.3 Å². The molecule has 11 rings (SSSR count). The van der Waals surface area contributed by atoms with Gasteiger partial charge in [0.2, 0.25) is 12.0 Å². The summed E-state index contributed by atoms with van der Waals surface area (Å²) in [6.07, 6.45) is 1.26. The molecule has 2 saturated heterocycles. The van der Waals surface area contributed by atoms with Crippen LogP contribution in [-0.4, -0.2) is 144 Å². The van der Waals surface area contributed by atoms with E-state index in [1.165, 1.54) is 29.8 Å². The van der Waals surface area contributed by atoms with Crippen LogP contribution < -0.4 is 23.7 Å². The molecule has 4 bridgehead atoms. The highest BCUT2D eigenvalue weighted by Gasteiger charge is 2.34. The number of rotatable bonds is 11. The van der Waals surface area contributed by atoms with Crippen molar-refractivity contribution < 1.29 is 42.3 Å². The maximum Gasteiger partial charge on any atom is 0.348 e.